The number of fused-ring (bicyclic) bond motifs is 1. The van der Waals surface area contributed by atoms with E-state index in [0.717, 1.165) is 11.4 Å². The van der Waals surface area contributed by atoms with Crippen LogP contribution in [-0.4, -0.2) is 15.1 Å². The molecule has 0 radical (unpaired) electrons. The Hall–Kier alpha value is -2.29. The Kier molecular flexibility index (Phi) is 2.97. The first-order valence-corrected chi connectivity index (χ1v) is 6.83. The zero-order valence-corrected chi connectivity index (χ0v) is 12.1. The molecule has 0 amide bonds. The molecule has 3 rings (SSSR count). The normalized spacial score (nSPS) is 11.8. The first-order valence-electron chi connectivity index (χ1n) is 6.83. The highest BCUT2D eigenvalue weighted by molar-refractivity contribution is 5.85. The van der Waals surface area contributed by atoms with Gasteiger partial charge in [-0.1, -0.05) is 0 Å². The van der Waals surface area contributed by atoms with Gasteiger partial charge in [-0.3, -0.25) is 4.98 Å². The van der Waals surface area contributed by atoms with Crippen LogP contribution in [0.2, 0.25) is 0 Å². The number of pyridine rings is 1. The maximum atomic E-state index is 4.07. The Morgan fingerprint density at radius 3 is 2.45 bits per heavy atom. The topological polar surface area (TPSA) is 29.9 Å². The molecule has 0 aliphatic rings. The van der Waals surface area contributed by atoms with Crippen LogP contribution in [0, 0.1) is 0 Å². The van der Waals surface area contributed by atoms with E-state index >= 15 is 0 Å². The lowest BCUT2D eigenvalue weighted by Crippen LogP contribution is -2.25. The molecule has 2 heterocycles. The molecule has 0 aliphatic heterocycles. The van der Waals surface area contributed by atoms with Gasteiger partial charge < -0.3 is 9.88 Å². The van der Waals surface area contributed by atoms with Crippen molar-refractivity contribution in [3.63, 3.8) is 0 Å². The van der Waals surface area contributed by atoms with Crippen molar-refractivity contribution in [1.29, 1.82) is 0 Å². The van der Waals surface area contributed by atoms with Gasteiger partial charge in [0, 0.05) is 40.9 Å². The summed E-state index contributed by atoms with van der Waals surface area (Å²) in [7, 11) is 0. The SMILES string of the molecule is CC(C)(C)Nc1ccc2c(ccn2-c2ccncc2)c1. The van der Waals surface area contributed by atoms with Gasteiger partial charge in [0.2, 0.25) is 0 Å². The highest BCUT2D eigenvalue weighted by Gasteiger charge is 2.10. The molecule has 1 aromatic carbocycles. The van der Waals surface area contributed by atoms with Gasteiger partial charge in [-0.25, -0.2) is 0 Å². The monoisotopic (exact) mass is 265 g/mol. The maximum absolute atomic E-state index is 4.07. The predicted octanol–water partition coefficient (Wildman–Crippen LogP) is 4.24. The summed E-state index contributed by atoms with van der Waals surface area (Å²) in [6, 6.07) is 12.7. The Balaban J connectivity index is 2.03. The molecule has 0 saturated carbocycles. The summed E-state index contributed by atoms with van der Waals surface area (Å²) in [5.41, 5.74) is 3.56. The van der Waals surface area contributed by atoms with Crippen molar-refractivity contribution in [3.8, 4) is 5.69 Å². The average Bonchev–Trinajstić information content (AvgIpc) is 2.81. The molecule has 0 unspecified atom stereocenters. The first kappa shape index (κ1) is 12.7. The van der Waals surface area contributed by atoms with Crippen molar-refractivity contribution in [2.45, 2.75) is 26.3 Å². The van der Waals surface area contributed by atoms with Gasteiger partial charge in [-0.2, -0.15) is 0 Å². The Morgan fingerprint density at radius 2 is 1.75 bits per heavy atom. The molecule has 0 atom stereocenters. The van der Waals surface area contributed by atoms with Gasteiger partial charge in [0.25, 0.3) is 0 Å². The van der Waals surface area contributed by atoms with Crippen LogP contribution in [0.1, 0.15) is 20.8 Å². The van der Waals surface area contributed by atoms with Crippen molar-refractivity contribution in [2.75, 3.05) is 5.32 Å². The zero-order chi connectivity index (χ0) is 14.2. The minimum atomic E-state index is 0.0708. The summed E-state index contributed by atoms with van der Waals surface area (Å²) < 4.78 is 2.18. The summed E-state index contributed by atoms with van der Waals surface area (Å²) in [6.45, 7) is 6.50. The molecule has 3 nitrogen and oxygen atoms in total. The molecular weight excluding hydrogens is 246 g/mol. The fourth-order valence-electron chi connectivity index (χ4n) is 2.38. The molecule has 0 bridgehead atoms. The van der Waals surface area contributed by atoms with Gasteiger partial charge in [0.15, 0.2) is 0 Å². The second-order valence-corrected chi connectivity index (χ2v) is 6.04. The van der Waals surface area contributed by atoms with Crippen LogP contribution in [0.3, 0.4) is 0 Å². The molecule has 0 spiro atoms. The lowest BCUT2D eigenvalue weighted by molar-refractivity contribution is 0.634. The van der Waals surface area contributed by atoms with Gasteiger partial charge in [0.05, 0.1) is 5.52 Å². The molecule has 2 aromatic heterocycles. The van der Waals surface area contributed by atoms with E-state index in [0.29, 0.717) is 0 Å². The molecule has 20 heavy (non-hydrogen) atoms. The minimum absolute atomic E-state index is 0.0708. The quantitative estimate of drug-likeness (QED) is 0.751. The number of hydrogen-bond donors (Lipinski definition) is 1. The van der Waals surface area contributed by atoms with Crippen LogP contribution in [0.25, 0.3) is 16.6 Å². The fourth-order valence-corrected chi connectivity index (χ4v) is 2.38. The largest absolute Gasteiger partial charge is 0.380 e. The third-order valence-corrected chi connectivity index (χ3v) is 3.15. The number of rotatable bonds is 2. The van der Waals surface area contributed by atoms with Gasteiger partial charge in [0.1, 0.15) is 0 Å². The third-order valence-electron chi connectivity index (χ3n) is 3.15. The van der Waals surface area contributed by atoms with E-state index in [4.69, 9.17) is 0 Å². The van der Waals surface area contributed by atoms with E-state index in [1.54, 1.807) is 0 Å². The molecule has 3 aromatic rings. The smallest absolute Gasteiger partial charge is 0.0529 e. The Labute approximate surface area is 119 Å². The minimum Gasteiger partial charge on any atom is -0.380 e. The molecule has 1 N–H and O–H groups in total. The second-order valence-electron chi connectivity index (χ2n) is 6.04. The predicted molar refractivity (Wildman–Crippen MR) is 84.4 cm³/mol. The van der Waals surface area contributed by atoms with Crippen molar-refractivity contribution in [3.05, 3.63) is 55.0 Å². The maximum Gasteiger partial charge on any atom is 0.0529 e. The van der Waals surface area contributed by atoms with E-state index in [1.807, 2.05) is 24.5 Å². The fraction of sp³-hybridized carbons (Fsp3) is 0.235. The van der Waals surface area contributed by atoms with Crippen LogP contribution in [0.15, 0.2) is 55.0 Å². The van der Waals surface area contributed by atoms with E-state index in [9.17, 15) is 0 Å². The molecule has 0 aliphatic carbocycles. The molecule has 0 saturated heterocycles. The van der Waals surface area contributed by atoms with Gasteiger partial charge >= 0.3 is 0 Å². The number of benzene rings is 1. The van der Waals surface area contributed by atoms with E-state index in [1.165, 1.54) is 10.9 Å². The van der Waals surface area contributed by atoms with Crippen LogP contribution in [-0.2, 0) is 0 Å². The summed E-state index contributed by atoms with van der Waals surface area (Å²) in [5.74, 6) is 0. The summed E-state index contributed by atoms with van der Waals surface area (Å²) >= 11 is 0. The highest BCUT2D eigenvalue weighted by Crippen LogP contribution is 2.24. The van der Waals surface area contributed by atoms with Gasteiger partial charge in [-0.05, 0) is 57.2 Å². The van der Waals surface area contributed by atoms with E-state index < -0.39 is 0 Å². The van der Waals surface area contributed by atoms with Crippen LogP contribution in [0.5, 0.6) is 0 Å². The van der Waals surface area contributed by atoms with Crippen molar-refractivity contribution in [2.24, 2.45) is 0 Å². The number of anilines is 1. The van der Waals surface area contributed by atoms with Crippen LogP contribution in [0.4, 0.5) is 5.69 Å². The first-order chi connectivity index (χ1) is 9.53. The zero-order valence-electron chi connectivity index (χ0n) is 12.1. The van der Waals surface area contributed by atoms with Crippen molar-refractivity contribution >= 4 is 16.6 Å². The number of hydrogen-bond acceptors (Lipinski definition) is 2. The van der Waals surface area contributed by atoms with Crippen LogP contribution >= 0.6 is 0 Å². The van der Waals surface area contributed by atoms with Crippen molar-refractivity contribution in [1.82, 2.24) is 9.55 Å². The standard InChI is InChI=1S/C17H19N3/c1-17(2,3)19-14-4-5-16-13(12-14)8-11-20(16)15-6-9-18-10-7-15/h4-12,19H,1-3H3. The Bertz CT molecular complexity index is 721. The number of nitrogens with zero attached hydrogens (tertiary/aromatic N) is 2. The molecule has 3 heteroatoms. The second kappa shape index (κ2) is 4.67. The average molecular weight is 265 g/mol. The van der Waals surface area contributed by atoms with E-state index in [-0.39, 0.29) is 5.54 Å². The van der Waals surface area contributed by atoms with Crippen molar-refractivity contribution < 1.29 is 0 Å². The molecule has 0 fully saturated rings. The van der Waals surface area contributed by atoms with Gasteiger partial charge in [-0.15, -0.1) is 0 Å². The summed E-state index contributed by atoms with van der Waals surface area (Å²) in [4.78, 5) is 4.07. The highest BCUT2D eigenvalue weighted by atomic mass is 15.0. The summed E-state index contributed by atoms with van der Waals surface area (Å²) in [5, 5.41) is 4.74. The van der Waals surface area contributed by atoms with Crippen LogP contribution < -0.4 is 5.32 Å². The summed E-state index contributed by atoms with van der Waals surface area (Å²) in [6.07, 6.45) is 5.73. The molecule has 102 valence electrons. The number of nitrogens with one attached hydrogen (secondary N) is 1. The lowest BCUT2D eigenvalue weighted by Gasteiger charge is -2.22. The van der Waals surface area contributed by atoms with E-state index in [2.05, 4.69) is 66.1 Å². The Morgan fingerprint density at radius 1 is 1.00 bits per heavy atom. The molecular formula is C17H19N3. The third kappa shape index (κ3) is 2.52. The number of aromatic nitrogens is 2. The lowest BCUT2D eigenvalue weighted by atomic mass is 10.1.